The SMILES string of the molecule is NCCc1ccc(-c2nc(-c3ccc(Cl)cn3)no2)cc1. The van der Waals surface area contributed by atoms with Crippen molar-refractivity contribution >= 4 is 11.6 Å². The molecule has 0 spiro atoms. The summed E-state index contributed by atoms with van der Waals surface area (Å²) in [6.45, 7) is 0.631. The molecular formula is C15H13ClN4O. The molecule has 2 aromatic heterocycles. The van der Waals surface area contributed by atoms with Crippen molar-refractivity contribution in [2.24, 2.45) is 5.73 Å². The number of nitrogens with zero attached hydrogens (tertiary/aromatic N) is 3. The Bertz CT molecular complexity index is 722. The predicted octanol–water partition coefficient (Wildman–Crippen LogP) is 2.95. The summed E-state index contributed by atoms with van der Waals surface area (Å²) in [6, 6.07) is 11.4. The van der Waals surface area contributed by atoms with E-state index in [0.717, 1.165) is 12.0 Å². The Labute approximate surface area is 126 Å². The lowest BCUT2D eigenvalue weighted by Crippen LogP contribution is -2.02. The zero-order chi connectivity index (χ0) is 14.7. The van der Waals surface area contributed by atoms with Crippen LogP contribution in [0.2, 0.25) is 5.02 Å². The third-order valence-corrected chi connectivity index (χ3v) is 3.24. The topological polar surface area (TPSA) is 77.8 Å². The minimum Gasteiger partial charge on any atom is -0.334 e. The second kappa shape index (κ2) is 6.03. The standard InChI is InChI=1S/C15H13ClN4O/c16-12-5-6-13(18-9-12)14-19-15(21-20-14)11-3-1-10(2-4-11)7-8-17/h1-6,9H,7-8,17H2. The maximum Gasteiger partial charge on any atom is 0.258 e. The van der Waals surface area contributed by atoms with Crippen LogP contribution in [0.15, 0.2) is 47.1 Å². The van der Waals surface area contributed by atoms with Crippen molar-refractivity contribution in [3.8, 4) is 23.0 Å². The Hall–Kier alpha value is -2.24. The minimum atomic E-state index is 0.438. The Balaban J connectivity index is 1.85. The van der Waals surface area contributed by atoms with Crippen molar-refractivity contribution < 1.29 is 4.52 Å². The molecule has 2 N–H and O–H groups in total. The molecule has 5 nitrogen and oxygen atoms in total. The van der Waals surface area contributed by atoms with Crippen LogP contribution in [0.5, 0.6) is 0 Å². The summed E-state index contributed by atoms with van der Waals surface area (Å²) < 4.78 is 5.28. The maximum atomic E-state index is 5.81. The molecule has 0 aliphatic heterocycles. The van der Waals surface area contributed by atoms with Crippen LogP contribution in [0.25, 0.3) is 23.0 Å². The average molecular weight is 301 g/mol. The van der Waals surface area contributed by atoms with Gasteiger partial charge in [0.25, 0.3) is 5.89 Å². The third kappa shape index (κ3) is 3.09. The highest BCUT2D eigenvalue weighted by atomic mass is 35.5. The molecule has 0 bridgehead atoms. The van der Waals surface area contributed by atoms with Crippen LogP contribution in [0.4, 0.5) is 0 Å². The highest BCUT2D eigenvalue weighted by Crippen LogP contribution is 2.22. The van der Waals surface area contributed by atoms with Gasteiger partial charge in [0, 0.05) is 11.8 Å². The van der Waals surface area contributed by atoms with Gasteiger partial charge in [0.05, 0.1) is 5.02 Å². The fourth-order valence-corrected chi connectivity index (χ4v) is 2.05. The Morgan fingerprint density at radius 2 is 1.90 bits per heavy atom. The monoisotopic (exact) mass is 300 g/mol. The van der Waals surface area contributed by atoms with Crippen molar-refractivity contribution in [1.82, 2.24) is 15.1 Å². The Morgan fingerprint density at radius 3 is 2.57 bits per heavy atom. The molecule has 0 amide bonds. The van der Waals surface area contributed by atoms with Crippen LogP contribution in [0, 0.1) is 0 Å². The quantitative estimate of drug-likeness (QED) is 0.801. The lowest BCUT2D eigenvalue weighted by Gasteiger charge is -1.99. The van der Waals surface area contributed by atoms with Gasteiger partial charge in [-0.25, -0.2) is 0 Å². The second-order valence-corrected chi connectivity index (χ2v) is 4.96. The van der Waals surface area contributed by atoms with E-state index in [1.807, 2.05) is 24.3 Å². The number of rotatable bonds is 4. The first kappa shape index (κ1) is 13.7. The lowest BCUT2D eigenvalue weighted by molar-refractivity contribution is 0.432. The summed E-state index contributed by atoms with van der Waals surface area (Å²) in [6.07, 6.45) is 2.40. The Morgan fingerprint density at radius 1 is 1.10 bits per heavy atom. The molecule has 0 saturated heterocycles. The number of hydrogen-bond donors (Lipinski definition) is 1. The number of halogens is 1. The van der Waals surface area contributed by atoms with E-state index >= 15 is 0 Å². The Kier molecular flexibility index (Phi) is 3.94. The first-order chi connectivity index (χ1) is 10.3. The summed E-state index contributed by atoms with van der Waals surface area (Å²) in [5, 5.41) is 4.51. The molecule has 0 aliphatic rings. The van der Waals surface area contributed by atoms with Gasteiger partial charge in [0.2, 0.25) is 5.82 Å². The van der Waals surface area contributed by atoms with Gasteiger partial charge in [-0.1, -0.05) is 28.9 Å². The molecule has 2 heterocycles. The number of nitrogens with two attached hydrogens (primary N) is 1. The molecule has 3 aromatic rings. The van der Waals surface area contributed by atoms with Crippen LogP contribution in [0.1, 0.15) is 5.56 Å². The normalized spacial score (nSPS) is 10.8. The van der Waals surface area contributed by atoms with Crippen LogP contribution in [0.3, 0.4) is 0 Å². The summed E-state index contributed by atoms with van der Waals surface area (Å²) in [5.41, 5.74) is 8.20. The van der Waals surface area contributed by atoms with E-state index in [-0.39, 0.29) is 0 Å². The summed E-state index contributed by atoms with van der Waals surface area (Å²) in [4.78, 5) is 8.51. The molecule has 0 aliphatic carbocycles. The molecule has 3 rings (SSSR count). The van der Waals surface area contributed by atoms with Gasteiger partial charge in [-0.15, -0.1) is 0 Å². The molecule has 0 saturated carbocycles. The molecule has 0 radical (unpaired) electrons. The first-order valence-corrected chi connectivity index (χ1v) is 6.89. The van der Waals surface area contributed by atoms with Crippen molar-refractivity contribution in [1.29, 1.82) is 0 Å². The maximum absolute atomic E-state index is 5.81. The summed E-state index contributed by atoms with van der Waals surface area (Å²) in [5.74, 6) is 0.897. The van der Waals surface area contributed by atoms with Gasteiger partial charge in [0.15, 0.2) is 0 Å². The second-order valence-electron chi connectivity index (χ2n) is 4.52. The van der Waals surface area contributed by atoms with Crippen molar-refractivity contribution in [3.63, 3.8) is 0 Å². The molecule has 0 unspecified atom stereocenters. The smallest absolute Gasteiger partial charge is 0.258 e. The van der Waals surface area contributed by atoms with Crippen LogP contribution >= 0.6 is 11.6 Å². The zero-order valence-corrected chi connectivity index (χ0v) is 11.9. The first-order valence-electron chi connectivity index (χ1n) is 6.51. The van der Waals surface area contributed by atoms with Crippen LogP contribution in [-0.2, 0) is 6.42 Å². The van der Waals surface area contributed by atoms with Crippen molar-refractivity contribution in [2.45, 2.75) is 6.42 Å². The van der Waals surface area contributed by atoms with Gasteiger partial charge >= 0.3 is 0 Å². The van der Waals surface area contributed by atoms with Crippen LogP contribution in [-0.4, -0.2) is 21.7 Å². The van der Waals surface area contributed by atoms with E-state index in [4.69, 9.17) is 21.9 Å². The fraction of sp³-hybridized carbons (Fsp3) is 0.133. The molecule has 0 fully saturated rings. The highest BCUT2D eigenvalue weighted by molar-refractivity contribution is 6.30. The van der Waals surface area contributed by atoms with Crippen molar-refractivity contribution in [2.75, 3.05) is 6.54 Å². The van der Waals surface area contributed by atoms with Gasteiger partial charge in [-0.3, -0.25) is 4.98 Å². The molecule has 21 heavy (non-hydrogen) atoms. The third-order valence-electron chi connectivity index (χ3n) is 3.02. The molecular weight excluding hydrogens is 288 g/mol. The number of aromatic nitrogens is 3. The van der Waals surface area contributed by atoms with Crippen molar-refractivity contribution in [3.05, 3.63) is 53.2 Å². The van der Waals surface area contributed by atoms with Crippen LogP contribution < -0.4 is 5.73 Å². The summed E-state index contributed by atoms with van der Waals surface area (Å²) in [7, 11) is 0. The average Bonchev–Trinajstić information content (AvgIpc) is 2.99. The number of pyridine rings is 1. The van der Waals surface area contributed by atoms with E-state index in [1.165, 1.54) is 5.56 Å². The molecule has 1 aromatic carbocycles. The van der Waals surface area contributed by atoms with E-state index in [9.17, 15) is 0 Å². The van der Waals surface area contributed by atoms with E-state index in [2.05, 4.69) is 15.1 Å². The molecule has 6 heteroatoms. The fourth-order valence-electron chi connectivity index (χ4n) is 1.93. The van der Waals surface area contributed by atoms with Gasteiger partial charge in [-0.05, 0) is 42.8 Å². The van der Waals surface area contributed by atoms with Gasteiger partial charge < -0.3 is 10.3 Å². The molecule has 106 valence electrons. The zero-order valence-electron chi connectivity index (χ0n) is 11.2. The number of hydrogen-bond acceptors (Lipinski definition) is 5. The predicted molar refractivity (Wildman–Crippen MR) is 80.7 cm³/mol. The molecule has 0 atom stereocenters. The van der Waals surface area contributed by atoms with Gasteiger partial charge in [-0.2, -0.15) is 4.98 Å². The lowest BCUT2D eigenvalue weighted by atomic mass is 10.1. The van der Waals surface area contributed by atoms with E-state index < -0.39 is 0 Å². The number of benzene rings is 1. The summed E-state index contributed by atoms with van der Waals surface area (Å²) >= 11 is 5.81. The van der Waals surface area contributed by atoms with Gasteiger partial charge in [0.1, 0.15) is 5.69 Å². The highest BCUT2D eigenvalue weighted by Gasteiger charge is 2.11. The van der Waals surface area contributed by atoms with E-state index in [0.29, 0.717) is 29.0 Å². The van der Waals surface area contributed by atoms with E-state index in [1.54, 1.807) is 18.3 Å². The minimum absolute atomic E-state index is 0.438. The largest absolute Gasteiger partial charge is 0.334 e.